The van der Waals surface area contributed by atoms with Crippen LogP contribution in [0.25, 0.3) is 5.69 Å². The lowest BCUT2D eigenvalue weighted by Gasteiger charge is -2.21. The lowest BCUT2D eigenvalue weighted by Crippen LogP contribution is -2.34. The smallest absolute Gasteiger partial charge is 0.151 e. The largest absolute Gasteiger partial charge is 0.329 e. The van der Waals surface area contributed by atoms with E-state index in [4.69, 9.17) is 5.73 Å². The third kappa shape index (κ3) is 4.23. The average molecular weight is 317 g/mol. The Labute approximate surface area is 129 Å². The van der Waals surface area contributed by atoms with Crippen LogP contribution >= 0.6 is 12.4 Å². The first-order chi connectivity index (χ1) is 9.51. The van der Waals surface area contributed by atoms with E-state index in [9.17, 15) is 8.78 Å². The van der Waals surface area contributed by atoms with Crippen LogP contribution in [0.2, 0.25) is 0 Å². The predicted molar refractivity (Wildman–Crippen MR) is 80.7 cm³/mol. The molecule has 2 aromatic rings. The normalized spacial score (nSPS) is 12.3. The van der Waals surface area contributed by atoms with E-state index in [2.05, 4.69) is 10.00 Å². The van der Waals surface area contributed by atoms with Crippen LogP contribution in [0.15, 0.2) is 30.5 Å². The van der Waals surface area contributed by atoms with Crippen molar-refractivity contribution < 1.29 is 8.78 Å². The summed E-state index contributed by atoms with van der Waals surface area (Å²) in [5, 5.41) is 4.30. The number of hydrogen-bond acceptors (Lipinski definition) is 3. The molecule has 1 atom stereocenters. The molecule has 4 nitrogen and oxygen atoms in total. The molecule has 0 saturated heterocycles. The van der Waals surface area contributed by atoms with Gasteiger partial charge < -0.3 is 5.73 Å². The Morgan fingerprint density at radius 1 is 1.33 bits per heavy atom. The molecule has 0 bridgehead atoms. The van der Waals surface area contributed by atoms with Gasteiger partial charge in [-0.15, -0.1) is 12.4 Å². The van der Waals surface area contributed by atoms with Gasteiger partial charge in [0.1, 0.15) is 11.5 Å². The zero-order valence-corrected chi connectivity index (χ0v) is 12.8. The van der Waals surface area contributed by atoms with Crippen molar-refractivity contribution in [3.8, 4) is 5.69 Å². The average Bonchev–Trinajstić information content (AvgIpc) is 2.85. The monoisotopic (exact) mass is 316 g/mol. The molecule has 2 rings (SSSR count). The van der Waals surface area contributed by atoms with Crippen LogP contribution in [-0.2, 0) is 6.54 Å². The van der Waals surface area contributed by atoms with Crippen LogP contribution in [0.3, 0.4) is 0 Å². The molecule has 0 spiro atoms. The van der Waals surface area contributed by atoms with Crippen molar-refractivity contribution in [3.05, 3.63) is 47.8 Å². The highest BCUT2D eigenvalue weighted by Gasteiger charge is 2.11. The van der Waals surface area contributed by atoms with Crippen LogP contribution < -0.4 is 5.73 Å². The van der Waals surface area contributed by atoms with Gasteiger partial charge in [0.25, 0.3) is 0 Å². The second-order valence-electron chi connectivity index (χ2n) is 4.85. The molecule has 0 amide bonds. The Hall–Kier alpha value is -1.50. The first-order valence-electron chi connectivity index (χ1n) is 6.41. The molecule has 1 aromatic heterocycles. The lowest BCUT2D eigenvalue weighted by molar-refractivity contribution is 0.251. The topological polar surface area (TPSA) is 47.1 Å². The lowest BCUT2D eigenvalue weighted by atomic mass is 10.3. The molecule has 7 heteroatoms. The Morgan fingerprint density at radius 3 is 2.67 bits per heavy atom. The highest BCUT2D eigenvalue weighted by atomic mass is 35.5. The van der Waals surface area contributed by atoms with Gasteiger partial charge in [-0.25, -0.2) is 13.5 Å². The van der Waals surface area contributed by atoms with Crippen LogP contribution in [0.5, 0.6) is 0 Å². The zero-order chi connectivity index (χ0) is 14.7. The van der Waals surface area contributed by atoms with Crippen molar-refractivity contribution in [2.24, 2.45) is 5.73 Å². The Bertz CT molecular complexity index is 588. The molecule has 0 fully saturated rings. The van der Waals surface area contributed by atoms with E-state index in [0.29, 0.717) is 13.1 Å². The third-order valence-corrected chi connectivity index (χ3v) is 3.31. The Balaban J connectivity index is 0.00000220. The van der Waals surface area contributed by atoms with E-state index in [0.717, 1.165) is 11.8 Å². The highest BCUT2D eigenvalue weighted by molar-refractivity contribution is 5.85. The van der Waals surface area contributed by atoms with Gasteiger partial charge in [0, 0.05) is 31.4 Å². The van der Waals surface area contributed by atoms with E-state index in [-0.39, 0.29) is 24.1 Å². The summed E-state index contributed by atoms with van der Waals surface area (Å²) in [6, 6.07) is 5.47. The number of rotatable bonds is 5. The predicted octanol–water partition coefficient (Wildman–Crippen LogP) is 2.35. The first-order valence-corrected chi connectivity index (χ1v) is 6.41. The van der Waals surface area contributed by atoms with Crippen LogP contribution in [0.4, 0.5) is 8.78 Å². The van der Waals surface area contributed by atoms with Crippen LogP contribution in [-0.4, -0.2) is 34.3 Å². The van der Waals surface area contributed by atoms with Gasteiger partial charge in [0.05, 0.1) is 5.69 Å². The summed E-state index contributed by atoms with van der Waals surface area (Å²) in [6.07, 6.45) is 1.66. The molecule has 21 heavy (non-hydrogen) atoms. The zero-order valence-electron chi connectivity index (χ0n) is 12.0. The maximum atomic E-state index is 13.7. The Kier molecular flexibility index (Phi) is 6.26. The van der Waals surface area contributed by atoms with Crippen LogP contribution in [0.1, 0.15) is 12.6 Å². The van der Waals surface area contributed by atoms with E-state index in [1.165, 1.54) is 16.8 Å². The summed E-state index contributed by atoms with van der Waals surface area (Å²) in [5.41, 5.74) is 6.64. The SMILES string of the molecule is CC(CN)N(C)Cc1ccn(-c2ccc(F)cc2F)n1.Cl. The molecule has 2 N–H and O–H groups in total. The first kappa shape index (κ1) is 17.6. The molecule has 0 aliphatic rings. The van der Waals surface area contributed by atoms with E-state index >= 15 is 0 Å². The van der Waals surface area contributed by atoms with E-state index in [1.807, 2.05) is 20.0 Å². The molecule has 0 aliphatic carbocycles. The van der Waals surface area contributed by atoms with Gasteiger partial charge in [-0.1, -0.05) is 0 Å². The number of aromatic nitrogens is 2. The maximum absolute atomic E-state index is 13.7. The Morgan fingerprint density at radius 2 is 2.05 bits per heavy atom. The van der Waals surface area contributed by atoms with Crippen molar-refractivity contribution in [2.75, 3.05) is 13.6 Å². The van der Waals surface area contributed by atoms with Crippen molar-refractivity contribution in [3.63, 3.8) is 0 Å². The van der Waals surface area contributed by atoms with Crippen molar-refractivity contribution in [2.45, 2.75) is 19.5 Å². The summed E-state index contributed by atoms with van der Waals surface area (Å²) < 4.78 is 28.0. The highest BCUT2D eigenvalue weighted by Crippen LogP contribution is 2.15. The van der Waals surface area contributed by atoms with Crippen molar-refractivity contribution in [1.82, 2.24) is 14.7 Å². The minimum atomic E-state index is -0.636. The second-order valence-corrected chi connectivity index (χ2v) is 4.85. The van der Waals surface area contributed by atoms with Crippen molar-refractivity contribution >= 4 is 12.4 Å². The maximum Gasteiger partial charge on any atom is 0.151 e. The number of halogens is 3. The number of benzene rings is 1. The molecule has 1 heterocycles. The fourth-order valence-electron chi connectivity index (χ4n) is 1.84. The van der Waals surface area contributed by atoms with E-state index < -0.39 is 11.6 Å². The molecular formula is C14H19ClF2N4. The van der Waals surface area contributed by atoms with Gasteiger partial charge in [-0.3, -0.25) is 4.90 Å². The number of likely N-dealkylation sites (N-methyl/N-ethyl adjacent to an activating group) is 1. The fourth-order valence-corrected chi connectivity index (χ4v) is 1.84. The molecule has 0 aliphatic heterocycles. The quantitative estimate of drug-likeness (QED) is 0.921. The molecular weight excluding hydrogens is 298 g/mol. The summed E-state index contributed by atoms with van der Waals surface area (Å²) in [5.74, 6) is -1.24. The fraction of sp³-hybridized carbons (Fsp3) is 0.357. The number of hydrogen-bond donors (Lipinski definition) is 1. The summed E-state index contributed by atoms with van der Waals surface area (Å²) in [7, 11) is 1.95. The van der Waals surface area contributed by atoms with Crippen molar-refractivity contribution in [1.29, 1.82) is 0 Å². The minimum Gasteiger partial charge on any atom is -0.329 e. The number of nitrogens with zero attached hydrogens (tertiary/aromatic N) is 3. The molecule has 1 unspecified atom stereocenters. The van der Waals surface area contributed by atoms with Crippen LogP contribution in [0, 0.1) is 11.6 Å². The van der Waals surface area contributed by atoms with Gasteiger partial charge in [-0.2, -0.15) is 5.10 Å². The molecule has 1 aromatic carbocycles. The minimum absolute atomic E-state index is 0. The number of nitrogens with two attached hydrogens (primary N) is 1. The van der Waals surface area contributed by atoms with Gasteiger partial charge in [-0.05, 0) is 32.2 Å². The van der Waals surface area contributed by atoms with E-state index in [1.54, 1.807) is 6.20 Å². The molecule has 116 valence electrons. The molecule has 0 saturated carbocycles. The van der Waals surface area contributed by atoms with Gasteiger partial charge in [0.2, 0.25) is 0 Å². The summed E-state index contributed by atoms with van der Waals surface area (Å²) >= 11 is 0. The summed E-state index contributed by atoms with van der Waals surface area (Å²) in [6.45, 7) is 3.20. The second kappa shape index (κ2) is 7.49. The standard InChI is InChI=1S/C14H18F2N4.ClH/c1-10(8-17)19(2)9-12-5-6-20(18-12)14-4-3-11(15)7-13(14)16;/h3-7,10H,8-9,17H2,1-2H3;1H. The summed E-state index contributed by atoms with van der Waals surface area (Å²) in [4.78, 5) is 2.06. The van der Waals surface area contributed by atoms with Gasteiger partial charge in [0.15, 0.2) is 5.82 Å². The van der Waals surface area contributed by atoms with Gasteiger partial charge >= 0.3 is 0 Å². The third-order valence-electron chi connectivity index (χ3n) is 3.31. The molecule has 0 radical (unpaired) electrons.